The Bertz CT molecular complexity index is 2550. The number of hydrogen-bond donors (Lipinski definition) is 0. The van der Waals surface area contributed by atoms with Gasteiger partial charge in [-0.05, 0) is 59.7 Å². The summed E-state index contributed by atoms with van der Waals surface area (Å²) in [4.78, 5) is 0. The molecule has 3 aromatic heterocycles. The van der Waals surface area contributed by atoms with E-state index < -0.39 is 0 Å². The Labute approximate surface area is 285 Å². The van der Waals surface area contributed by atoms with Crippen LogP contribution in [0.2, 0.25) is 0 Å². The Hall–Kier alpha value is -5.58. The summed E-state index contributed by atoms with van der Waals surface area (Å²) in [5, 5.41) is 15.6. The molecule has 0 aliphatic heterocycles. The van der Waals surface area contributed by atoms with Gasteiger partial charge in [-0.2, -0.15) is 0 Å². The van der Waals surface area contributed by atoms with Crippen molar-refractivity contribution >= 4 is 58.8 Å². The van der Waals surface area contributed by atoms with Crippen LogP contribution in [-0.2, 0) is 0 Å². The van der Waals surface area contributed by atoms with Gasteiger partial charge in [-0.3, -0.25) is 4.40 Å². The Morgan fingerprint density at radius 2 is 1.19 bits per heavy atom. The molecule has 4 heteroatoms. The van der Waals surface area contributed by atoms with Gasteiger partial charge in [0.1, 0.15) is 0 Å². The molecular formula is C44H37N3S. The molecule has 0 unspecified atom stereocenters. The average Bonchev–Trinajstić information content (AvgIpc) is 3.76. The highest BCUT2D eigenvalue weighted by Crippen LogP contribution is 2.40. The Balaban J connectivity index is 0.000000693. The number of hydrogen-bond acceptors (Lipinski definition) is 3. The lowest BCUT2D eigenvalue weighted by molar-refractivity contribution is 1.12. The van der Waals surface area contributed by atoms with Gasteiger partial charge < -0.3 is 0 Å². The topological polar surface area (TPSA) is 30.2 Å². The number of benzene rings is 6. The van der Waals surface area contributed by atoms with Gasteiger partial charge in [0.05, 0.1) is 5.52 Å². The van der Waals surface area contributed by atoms with Gasteiger partial charge in [0, 0.05) is 36.5 Å². The van der Waals surface area contributed by atoms with Crippen LogP contribution in [0.5, 0.6) is 0 Å². The molecule has 0 amide bonds. The lowest BCUT2D eigenvalue weighted by Crippen LogP contribution is -1.95. The van der Waals surface area contributed by atoms with Crippen LogP contribution in [0.25, 0.3) is 81.1 Å². The second kappa shape index (κ2) is 13.3. The van der Waals surface area contributed by atoms with E-state index in [-0.39, 0.29) is 0 Å². The number of pyridine rings is 1. The Morgan fingerprint density at radius 3 is 1.94 bits per heavy atom. The summed E-state index contributed by atoms with van der Waals surface area (Å²) in [5.41, 5.74) is 9.15. The fourth-order valence-corrected chi connectivity index (χ4v) is 7.67. The van der Waals surface area contributed by atoms with Gasteiger partial charge >= 0.3 is 0 Å². The van der Waals surface area contributed by atoms with Crippen molar-refractivity contribution in [3.8, 4) is 33.6 Å². The maximum absolute atomic E-state index is 4.75. The lowest BCUT2D eigenvalue weighted by atomic mass is 9.99. The molecule has 0 fully saturated rings. The first-order valence-corrected chi connectivity index (χ1v) is 17.3. The zero-order chi connectivity index (χ0) is 33.2. The molecule has 0 atom stereocenters. The summed E-state index contributed by atoms with van der Waals surface area (Å²) in [5.74, 6) is 0.848. The number of allylic oxidation sites excluding steroid dienone is 1. The Morgan fingerprint density at radius 1 is 0.583 bits per heavy atom. The SMILES string of the molecule is C=CC.CC.Cc1ccc(-c2ccc3c(c2)c2ccccc2c2nnc(-c4ccc(-c5cccc6c5sc5ccccc56)cc4)n32)cc1. The molecule has 0 N–H and O–H groups in total. The summed E-state index contributed by atoms with van der Waals surface area (Å²) < 4.78 is 4.87. The van der Waals surface area contributed by atoms with Crippen LogP contribution >= 0.6 is 11.3 Å². The monoisotopic (exact) mass is 639 g/mol. The molecule has 0 spiro atoms. The van der Waals surface area contributed by atoms with Gasteiger partial charge in [0.15, 0.2) is 11.5 Å². The quantitative estimate of drug-likeness (QED) is 0.142. The second-order valence-corrected chi connectivity index (χ2v) is 12.6. The predicted octanol–water partition coefficient (Wildman–Crippen LogP) is 12.9. The third kappa shape index (κ3) is 5.34. The molecule has 3 heterocycles. The fraction of sp³-hybridized carbons (Fsp3) is 0.0909. The van der Waals surface area contributed by atoms with Crippen LogP contribution < -0.4 is 0 Å². The molecule has 6 aromatic carbocycles. The molecule has 3 nitrogen and oxygen atoms in total. The molecule has 9 rings (SSSR count). The number of fused-ring (bicyclic) bond motifs is 9. The third-order valence-electron chi connectivity index (χ3n) is 8.60. The van der Waals surface area contributed by atoms with Gasteiger partial charge in [-0.25, -0.2) is 0 Å². The highest BCUT2D eigenvalue weighted by molar-refractivity contribution is 7.26. The maximum Gasteiger partial charge on any atom is 0.169 e. The van der Waals surface area contributed by atoms with E-state index in [9.17, 15) is 0 Å². The van der Waals surface area contributed by atoms with Crippen LogP contribution in [0.4, 0.5) is 0 Å². The molecule has 9 aromatic rings. The van der Waals surface area contributed by atoms with Crippen molar-refractivity contribution in [1.29, 1.82) is 0 Å². The summed E-state index contributed by atoms with van der Waals surface area (Å²) in [6.45, 7) is 11.4. The molecule has 0 radical (unpaired) electrons. The minimum absolute atomic E-state index is 0.848. The first-order valence-electron chi connectivity index (χ1n) is 16.5. The largest absolute Gasteiger partial charge is 0.274 e. The van der Waals surface area contributed by atoms with Crippen LogP contribution in [0.15, 0.2) is 146 Å². The zero-order valence-electron chi connectivity index (χ0n) is 27.7. The standard InChI is InChI=1S/C39H25N3S.C3H6.C2H6/c1-24-13-15-25(16-14-24)28-21-22-35-34(23-28)30-7-2-3-9-33(30)39-41-40-38(42(35)39)27-19-17-26(18-20-27)29-10-6-11-32-31-8-4-5-12-36(31)43-37(29)32;1-3-2;1-2/h2-23H,1H3;3H,1H2,2H3;1-2H3. The van der Waals surface area contributed by atoms with E-state index in [1.165, 1.54) is 58.8 Å². The molecule has 0 bridgehead atoms. The molecule has 0 saturated heterocycles. The van der Waals surface area contributed by atoms with Crippen LogP contribution in [-0.4, -0.2) is 14.6 Å². The second-order valence-electron chi connectivity index (χ2n) is 11.6. The zero-order valence-corrected chi connectivity index (χ0v) is 28.6. The smallest absolute Gasteiger partial charge is 0.169 e. The lowest BCUT2D eigenvalue weighted by Gasteiger charge is -2.12. The minimum atomic E-state index is 0.848. The highest BCUT2D eigenvalue weighted by atomic mass is 32.1. The van der Waals surface area contributed by atoms with Crippen molar-refractivity contribution in [2.75, 3.05) is 0 Å². The van der Waals surface area contributed by atoms with Crippen molar-refractivity contribution in [1.82, 2.24) is 14.6 Å². The average molecular weight is 640 g/mol. The number of nitrogens with zero attached hydrogens (tertiary/aromatic N) is 3. The molecule has 234 valence electrons. The first-order chi connectivity index (χ1) is 23.6. The van der Waals surface area contributed by atoms with Gasteiger partial charge in [0.2, 0.25) is 0 Å². The van der Waals surface area contributed by atoms with Crippen molar-refractivity contribution in [2.45, 2.75) is 27.7 Å². The predicted molar refractivity (Wildman–Crippen MR) is 209 cm³/mol. The van der Waals surface area contributed by atoms with Gasteiger partial charge in [0.25, 0.3) is 0 Å². The van der Waals surface area contributed by atoms with E-state index in [2.05, 4.69) is 151 Å². The highest BCUT2D eigenvalue weighted by Gasteiger charge is 2.17. The van der Waals surface area contributed by atoms with E-state index in [0.29, 0.717) is 0 Å². The summed E-state index contributed by atoms with van der Waals surface area (Å²) in [6, 6.07) is 48.1. The molecule has 0 aliphatic carbocycles. The summed E-state index contributed by atoms with van der Waals surface area (Å²) >= 11 is 1.86. The molecule has 48 heavy (non-hydrogen) atoms. The number of aryl methyl sites for hydroxylation is 1. The van der Waals surface area contributed by atoms with E-state index in [0.717, 1.165) is 27.9 Å². The van der Waals surface area contributed by atoms with Crippen LogP contribution in [0, 0.1) is 6.92 Å². The van der Waals surface area contributed by atoms with Gasteiger partial charge in [-0.15, -0.1) is 28.1 Å². The molecular weight excluding hydrogens is 603 g/mol. The van der Waals surface area contributed by atoms with E-state index in [1.54, 1.807) is 6.08 Å². The van der Waals surface area contributed by atoms with Crippen molar-refractivity contribution < 1.29 is 0 Å². The van der Waals surface area contributed by atoms with E-state index in [1.807, 2.05) is 32.1 Å². The summed E-state index contributed by atoms with van der Waals surface area (Å²) in [6.07, 6.45) is 1.75. The van der Waals surface area contributed by atoms with Crippen molar-refractivity contribution in [3.63, 3.8) is 0 Å². The molecule has 0 saturated carbocycles. The van der Waals surface area contributed by atoms with E-state index in [4.69, 9.17) is 10.2 Å². The van der Waals surface area contributed by atoms with Crippen LogP contribution in [0.3, 0.4) is 0 Å². The van der Waals surface area contributed by atoms with Crippen molar-refractivity contribution in [3.05, 3.63) is 152 Å². The van der Waals surface area contributed by atoms with Crippen molar-refractivity contribution in [2.24, 2.45) is 0 Å². The number of thiophene rings is 1. The van der Waals surface area contributed by atoms with E-state index >= 15 is 0 Å². The van der Waals surface area contributed by atoms with Crippen LogP contribution in [0.1, 0.15) is 26.3 Å². The summed E-state index contributed by atoms with van der Waals surface area (Å²) in [7, 11) is 0. The number of aromatic nitrogens is 3. The number of rotatable bonds is 3. The normalized spacial score (nSPS) is 11.0. The minimum Gasteiger partial charge on any atom is -0.274 e. The fourth-order valence-electron chi connectivity index (χ4n) is 6.43. The maximum atomic E-state index is 4.75. The molecule has 0 aliphatic rings. The first kappa shape index (κ1) is 31.0. The van der Waals surface area contributed by atoms with Gasteiger partial charge in [-0.1, -0.05) is 141 Å². The Kier molecular flexibility index (Phi) is 8.58. The third-order valence-corrected chi connectivity index (χ3v) is 9.82.